The van der Waals surface area contributed by atoms with Crippen LogP contribution in [0.3, 0.4) is 0 Å². The third-order valence-corrected chi connectivity index (χ3v) is 5.46. The topological polar surface area (TPSA) is 37.7 Å². The molecular formula is C26H19F4N3O. The average molecular weight is 465 g/mol. The Balaban J connectivity index is 1.63. The zero-order valence-corrected chi connectivity index (χ0v) is 17.8. The van der Waals surface area contributed by atoms with Crippen molar-refractivity contribution in [3.05, 3.63) is 102 Å². The average Bonchev–Trinajstić information content (AvgIpc) is 2.81. The fourth-order valence-corrected chi connectivity index (χ4v) is 4.00. The molecule has 0 bridgehead atoms. The van der Waals surface area contributed by atoms with Gasteiger partial charge >= 0.3 is 12.2 Å². The lowest BCUT2D eigenvalue weighted by Crippen LogP contribution is -2.55. The third-order valence-electron chi connectivity index (χ3n) is 5.46. The molecule has 4 aromatic rings. The highest BCUT2D eigenvalue weighted by Crippen LogP contribution is 2.37. The maximum Gasteiger partial charge on any atom is 0.377 e. The van der Waals surface area contributed by atoms with Crippen LogP contribution in [-0.2, 0) is 4.74 Å². The van der Waals surface area contributed by atoms with Gasteiger partial charge in [0.15, 0.2) is 0 Å². The number of nitrogens with zero attached hydrogens (tertiary/aromatic N) is 3. The summed E-state index contributed by atoms with van der Waals surface area (Å²) in [5.41, 5.74) is 3.18. The van der Waals surface area contributed by atoms with E-state index >= 15 is 0 Å². The first-order chi connectivity index (χ1) is 16.3. The summed E-state index contributed by atoms with van der Waals surface area (Å²) >= 11 is 0. The van der Waals surface area contributed by atoms with Gasteiger partial charge in [0.25, 0.3) is 0 Å². The molecule has 0 spiro atoms. The first-order valence-corrected chi connectivity index (χ1v) is 10.6. The van der Waals surface area contributed by atoms with Crippen LogP contribution in [0.5, 0.6) is 0 Å². The second-order valence-corrected chi connectivity index (χ2v) is 7.99. The molecule has 5 rings (SSSR count). The number of pyridine rings is 1. The van der Waals surface area contributed by atoms with E-state index in [1.54, 1.807) is 24.5 Å². The Kier molecular flexibility index (Phi) is 5.53. The molecule has 1 aliphatic heterocycles. The molecule has 0 radical (unpaired) electrons. The molecule has 1 aromatic heterocycles. The molecule has 0 N–H and O–H groups in total. The summed E-state index contributed by atoms with van der Waals surface area (Å²) in [7, 11) is 0. The van der Waals surface area contributed by atoms with E-state index < -0.39 is 25.3 Å². The lowest BCUT2D eigenvalue weighted by molar-refractivity contribution is -0.380. The first kappa shape index (κ1) is 22.0. The predicted molar refractivity (Wildman–Crippen MR) is 123 cm³/mol. The number of aromatic nitrogens is 1. The van der Waals surface area contributed by atoms with Gasteiger partial charge in [-0.2, -0.15) is 17.6 Å². The van der Waals surface area contributed by atoms with E-state index in [0.717, 1.165) is 16.0 Å². The van der Waals surface area contributed by atoms with Gasteiger partial charge in [-0.1, -0.05) is 66.7 Å². The third kappa shape index (κ3) is 4.63. The minimum Gasteiger partial charge on any atom is -0.354 e. The predicted octanol–water partition coefficient (Wildman–Crippen LogP) is 6.43. The zero-order valence-electron chi connectivity index (χ0n) is 17.8. The number of benzene rings is 3. The highest BCUT2D eigenvalue weighted by molar-refractivity contribution is 6.15. The molecule has 172 valence electrons. The largest absolute Gasteiger partial charge is 0.377 e. The summed E-state index contributed by atoms with van der Waals surface area (Å²) < 4.78 is 58.8. The van der Waals surface area contributed by atoms with Gasteiger partial charge in [-0.15, -0.1) is 0 Å². The van der Waals surface area contributed by atoms with Crippen LogP contribution in [-0.4, -0.2) is 36.0 Å². The van der Waals surface area contributed by atoms with Crippen LogP contribution >= 0.6 is 0 Å². The molecule has 0 saturated carbocycles. The van der Waals surface area contributed by atoms with Gasteiger partial charge < -0.3 is 4.90 Å². The van der Waals surface area contributed by atoms with Crippen molar-refractivity contribution in [3.8, 4) is 0 Å². The van der Waals surface area contributed by atoms with E-state index in [1.807, 2.05) is 60.7 Å². The Bertz CT molecular complexity index is 1290. The highest BCUT2D eigenvalue weighted by Gasteiger charge is 2.51. The second kappa shape index (κ2) is 8.53. The number of ether oxygens (including phenoxy) is 1. The van der Waals surface area contributed by atoms with Crippen molar-refractivity contribution >= 4 is 27.9 Å². The van der Waals surface area contributed by atoms with Gasteiger partial charge in [0.1, 0.15) is 13.1 Å². The van der Waals surface area contributed by atoms with E-state index in [0.29, 0.717) is 22.2 Å². The number of fused-ring (bicyclic) bond motifs is 1. The summed E-state index contributed by atoms with van der Waals surface area (Å²) in [6, 6.07) is 24.0. The minimum absolute atomic E-state index is 0.221. The molecule has 0 atom stereocenters. The Hall–Kier alpha value is -3.78. The van der Waals surface area contributed by atoms with Gasteiger partial charge in [0.05, 0.1) is 17.6 Å². The molecule has 0 amide bonds. The van der Waals surface area contributed by atoms with Gasteiger partial charge in [-0.3, -0.25) is 9.72 Å². The fraction of sp³-hybridized carbons (Fsp3) is 0.154. The van der Waals surface area contributed by atoms with E-state index in [-0.39, 0.29) is 5.69 Å². The van der Waals surface area contributed by atoms with Gasteiger partial charge in [0.2, 0.25) is 0 Å². The number of anilines is 1. The molecule has 1 aliphatic rings. The van der Waals surface area contributed by atoms with Crippen LogP contribution in [0.4, 0.5) is 28.9 Å². The molecule has 0 aliphatic carbocycles. The molecule has 1 saturated heterocycles. The summed E-state index contributed by atoms with van der Waals surface area (Å²) in [6.45, 7) is -1.95. The maximum absolute atomic E-state index is 13.8. The maximum atomic E-state index is 13.8. The monoisotopic (exact) mass is 465 g/mol. The van der Waals surface area contributed by atoms with Crippen LogP contribution < -0.4 is 4.90 Å². The van der Waals surface area contributed by atoms with Crippen molar-refractivity contribution in [2.24, 2.45) is 4.99 Å². The minimum atomic E-state index is -3.97. The van der Waals surface area contributed by atoms with Crippen molar-refractivity contribution < 1.29 is 22.3 Å². The highest BCUT2D eigenvalue weighted by atomic mass is 19.3. The van der Waals surface area contributed by atoms with E-state index in [2.05, 4.69) is 9.72 Å². The van der Waals surface area contributed by atoms with Crippen LogP contribution in [0, 0.1) is 0 Å². The summed E-state index contributed by atoms with van der Waals surface area (Å²) in [5, 5.41) is 1.31. The van der Waals surface area contributed by atoms with Crippen LogP contribution in [0.15, 0.2) is 96.2 Å². The van der Waals surface area contributed by atoms with Gasteiger partial charge in [-0.05, 0) is 12.1 Å². The van der Waals surface area contributed by atoms with Crippen molar-refractivity contribution in [2.75, 3.05) is 18.0 Å². The molecular weight excluding hydrogens is 446 g/mol. The normalized spacial score (nSPS) is 16.9. The molecule has 3 aromatic carbocycles. The molecule has 4 nitrogen and oxygen atoms in total. The number of aliphatic imine (C=N–C) groups is 1. The van der Waals surface area contributed by atoms with Crippen LogP contribution in [0.2, 0.25) is 0 Å². The van der Waals surface area contributed by atoms with E-state index in [1.165, 1.54) is 6.07 Å². The summed E-state index contributed by atoms with van der Waals surface area (Å²) in [4.78, 5) is 10.1. The summed E-state index contributed by atoms with van der Waals surface area (Å²) in [5.74, 6) is 0. The van der Waals surface area contributed by atoms with Crippen LogP contribution in [0.25, 0.3) is 10.8 Å². The van der Waals surface area contributed by atoms with Gasteiger partial charge in [-0.25, -0.2) is 4.99 Å². The molecule has 8 heteroatoms. The van der Waals surface area contributed by atoms with Crippen molar-refractivity contribution in [2.45, 2.75) is 12.2 Å². The Morgan fingerprint density at radius 3 is 1.97 bits per heavy atom. The SMILES string of the molecule is FC1(F)CN(c2ccc3cncc(N=C(c4ccccc4)c4ccccc4)c3c2)CC(F)(F)O1. The van der Waals surface area contributed by atoms with Crippen molar-refractivity contribution in [1.29, 1.82) is 0 Å². The Labute approximate surface area is 193 Å². The van der Waals surface area contributed by atoms with Gasteiger partial charge in [0, 0.05) is 33.8 Å². The summed E-state index contributed by atoms with van der Waals surface area (Å²) in [6.07, 6.45) is -4.75. The number of alkyl halides is 4. The lowest BCUT2D eigenvalue weighted by Gasteiger charge is -2.38. The smallest absolute Gasteiger partial charge is 0.354 e. The number of morpholine rings is 1. The van der Waals surface area contributed by atoms with E-state index in [9.17, 15) is 17.6 Å². The molecule has 1 fully saturated rings. The number of hydrogen-bond donors (Lipinski definition) is 0. The standard InChI is InChI=1S/C26H19F4N3O/c27-25(28)16-33(17-26(29,30)34-25)21-12-11-20-14-31-15-23(22(20)13-21)32-24(18-7-3-1-4-8-18)19-9-5-2-6-10-19/h1-15H,16-17H2. The Morgan fingerprint density at radius 2 is 1.38 bits per heavy atom. The zero-order chi connectivity index (χ0) is 23.8. The first-order valence-electron chi connectivity index (χ1n) is 10.6. The van der Waals surface area contributed by atoms with Crippen molar-refractivity contribution in [1.82, 2.24) is 4.98 Å². The number of hydrogen-bond acceptors (Lipinski definition) is 4. The number of rotatable bonds is 4. The molecule has 34 heavy (non-hydrogen) atoms. The quantitative estimate of drug-likeness (QED) is 0.258. The second-order valence-electron chi connectivity index (χ2n) is 7.99. The van der Waals surface area contributed by atoms with Crippen LogP contribution in [0.1, 0.15) is 11.1 Å². The van der Waals surface area contributed by atoms with E-state index in [4.69, 9.17) is 4.99 Å². The number of halogens is 4. The lowest BCUT2D eigenvalue weighted by atomic mass is 10.0. The van der Waals surface area contributed by atoms with Crippen molar-refractivity contribution in [3.63, 3.8) is 0 Å². The molecule has 2 heterocycles. The Morgan fingerprint density at radius 1 is 0.794 bits per heavy atom. The molecule has 0 unspecified atom stereocenters. The fourth-order valence-electron chi connectivity index (χ4n) is 4.00.